The molecular formula is C18H22BrNS. The molecule has 0 aliphatic carbocycles. The van der Waals surface area contributed by atoms with Crippen molar-refractivity contribution in [1.82, 2.24) is 5.32 Å². The molecule has 2 aromatic carbocycles. The van der Waals surface area contributed by atoms with Crippen LogP contribution in [0.15, 0.2) is 51.8 Å². The average molecular weight is 364 g/mol. The lowest BCUT2D eigenvalue weighted by molar-refractivity contribution is 0.603. The minimum absolute atomic E-state index is 0.393. The van der Waals surface area contributed by atoms with Gasteiger partial charge in [0.1, 0.15) is 0 Å². The Balaban J connectivity index is 2.09. The van der Waals surface area contributed by atoms with E-state index in [2.05, 4.69) is 84.5 Å². The van der Waals surface area contributed by atoms with Crippen LogP contribution >= 0.6 is 27.7 Å². The number of halogens is 1. The molecule has 0 fully saturated rings. The Morgan fingerprint density at radius 3 is 2.43 bits per heavy atom. The van der Waals surface area contributed by atoms with E-state index in [4.69, 9.17) is 0 Å². The van der Waals surface area contributed by atoms with Crippen molar-refractivity contribution in [3.63, 3.8) is 0 Å². The van der Waals surface area contributed by atoms with Crippen molar-refractivity contribution >= 4 is 27.7 Å². The molecule has 1 N–H and O–H groups in total. The van der Waals surface area contributed by atoms with E-state index in [-0.39, 0.29) is 0 Å². The van der Waals surface area contributed by atoms with Crippen molar-refractivity contribution in [2.45, 2.75) is 31.7 Å². The standard InChI is InChI=1S/C18H22BrNS/c1-4-20-18(17-10-5-13(2)11-14(17)3)12-21-16-8-6-15(19)7-9-16/h5-11,18,20H,4,12H2,1-3H3. The Labute approximate surface area is 140 Å². The second-order valence-corrected chi connectivity index (χ2v) is 7.24. The van der Waals surface area contributed by atoms with Crippen molar-refractivity contribution in [3.05, 3.63) is 63.6 Å². The van der Waals surface area contributed by atoms with Gasteiger partial charge in [0.2, 0.25) is 0 Å². The van der Waals surface area contributed by atoms with Gasteiger partial charge in [-0.1, -0.05) is 46.6 Å². The summed E-state index contributed by atoms with van der Waals surface area (Å²) in [4.78, 5) is 1.31. The van der Waals surface area contributed by atoms with Crippen molar-refractivity contribution in [1.29, 1.82) is 0 Å². The molecule has 1 nitrogen and oxygen atoms in total. The van der Waals surface area contributed by atoms with E-state index < -0.39 is 0 Å². The molecule has 0 spiro atoms. The Kier molecular flexibility index (Phi) is 6.34. The zero-order chi connectivity index (χ0) is 15.2. The van der Waals surface area contributed by atoms with E-state index in [0.717, 1.165) is 16.8 Å². The fourth-order valence-corrected chi connectivity index (χ4v) is 3.68. The first-order chi connectivity index (χ1) is 10.1. The van der Waals surface area contributed by atoms with E-state index in [1.54, 1.807) is 0 Å². The maximum absolute atomic E-state index is 3.61. The van der Waals surface area contributed by atoms with Crippen LogP contribution < -0.4 is 5.32 Å². The summed E-state index contributed by atoms with van der Waals surface area (Å²) in [7, 11) is 0. The molecule has 0 bridgehead atoms. The molecule has 0 saturated carbocycles. The zero-order valence-corrected chi connectivity index (χ0v) is 15.2. The molecule has 0 aliphatic heterocycles. The summed E-state index contributed by atoms with van der Waals surface area (Å²) in [6.45, 7) is 7.51. The molecule has 0 heterocycles. The molecule has 112 valence electrons. The lowest BCUT2D eigenvalue weighted by Crippen LogP contribution is -2.23. The fourth-order valence-electron chi connectivity index (χ4n) is 2.43. The first-order valence-corrected chi connectivity index (χ1v) is 9.07. The zero-order valence-electron chi connectivity index (χ0n) is 12.8. The van der Waals surface area contributed by atoms with Gasteiger partial charge in [0.15, 0.2) is 0 Å². The number of hydrogen-bond donors (Lipinski definition) is 1. The highest BCUT2D eigenvalue weighted by Gasteiger charge is 2.13. The maximum Gasteiger partial charge on any atom is 0.0417 e. The SMILES string of the molecule is CCNC(CSc1ccc(Br)cc1)c1ccc(C)cc1C. The molecule has 2 rings (SSSR count). The topological polar surface area (TPSA) is 12.0 Å². The van der Waals surface area contributed by atoms with Gasteiger partial charge in [-0.2, -0.15) is 0 Å². The number of benzene rings is 2. The Morgan fingerprint density at radius 1 is 1.10 bits per heavy atom. The smallest absolute Gasteiger partial charge is 0.0417 e. The van der Waals surface area contributed by atoms with Crippen molar-refractivity contribution in [3.8, 4) is 0 Å². The lowest BCUT2D eigenvalue weighted by atomic mass is 10.0. The van der Waals surface area contributed by atoms with Gasteiger partial charge >= 0.3 is 0 Å². The first-order valence-electron chi connectivity index (χ1n) is 7.29. The molecule has 0 saturated heterocycles. The third kappa shape index (κ3) is 4.87. The molecule has 0 aliphatic rings. The number of thioether (sulfide) groups is 1. The summed E-state index contributed by atoms with van der Waals surface area (Å²) in [5.74, 6) is 1.04. The van der Waals surface area contributed by atoms with Gasteiger partial charge in [0, 0.05) is 21.2 Å². The Hall–Kier alpha value is -0.770. The first kappa shape index (κ1) is 16.6. The molecule has 2 aromatic rings. The summed E-state index contributed by atoms with van der Waals surface area (Å²) in [5, 5.41) is 3.61. The second kappa shape index (κ2) is 8.02. The van der Waals surface area contributed by atoms with Gasteiger partial charge in [-0.15, -0.1) is 11.8 Å². The molecule has 3 heteroatoms. The van der Waals surface area contributed by atoms with E-state index in [9.17, 15) is 0 Å². The minimum atomic E-state index is 0.393. The Morgan fingerprint density at radius 2 is 1.81 bits per heavy atom. The number of rotatable bonds is 6. The quantitative estimate of drug-likeness (QED) is 0.679. The van der Waals surface area contributed by atoms with Gasteiger partial charge in [0.05, 0.1) is 0 Å². The normalized spacial score (nSPS) is 12.4. The van der Waals surface area contributed by atoms with E-state index in [1.807, 2.05) is 11.8 Å². The van der Waals surface area contributed by atoms with Crippen LogP contribution in [0.2, 0.25) is 0 Å². The average Bonchev–Trinajstić information content (AvgIpc) is 2.46. The summed E-state index contributed by atoms with van der Waals surface area (Å²) in [5.41, 5.74) is 4.11. The largest absolute Gasteiger partial charge is 0.309 e. The van der Waals surface area contributed by atoms with Gasteiger partial charge in [-0.3, -0.25) is 0 Å². The van der Waals surface area contributed by atoms with Crippen LogP contribution in [0.3, 0.4) is 0 Å². The number of aryl methyl sites for hydroxylation is 2. The molecular weight excluding hydrogens is 342 g/mol. The van der Waals surface area contributed by atoms with Crippen LogP contribution in [-0.2, 0) is 0 Å². The van der Waals surface area contributed by atoms with Gasteiger partial charge in [-0.25, -0.2) is 0 Å². The lowest BCUT2D eigenvalue weighted by Gasteiger charge is -2.20. The number of hydrogen-bond acceptors (Lipinski definition) is 2. The molecule has 0 aromatic heterocycles. The highest BCUT2D eigenvalue weighted by atomic mass is 79.9. The summed E-state index contributed by atoms with van der Waals surface area (Å²) in [6, 6.07) is 15.7. The monoisotopic (exact) mass is 363 g/mol. The Bertz CT molecular complexity index is 580. The van der Waals surface area contributed by atoms with Crippen LogP contribution in [0.25, 0.3) is 0 Å². The summed E-state index contributed by atoms with van der Waals surface area (Å²) < 4.78 is 1.13. The van der Waals surface area contributed by atoms with Crippen LogP contribution in [0.4, 0.5) is 0 Å². The van der Waals surface area contributed by atoms with Crippen molar-refractivity contribution in [2.24, 2.45) is 0 Å². The highest BCUT2D eigenvalue weighted by Crippen LogP contribution is 2.27. The third-order valence-corrected chi connectivity index (χ3v) is 5.12. The van der Waals surface area contributed by atoms with Crippen LogP contribution in [0, 0.1) is 13.8 Å². The van der Waals surface area contributed by atoms with Crippen LogP contribution in [0.5, 0.6) is 0 Å². The van der Waals surface area contributed by atoms with Crippen LogP contribution in [0.1, 0.15) is 29.7 Å². The fraction of sp³-hybridized carbons (Fsp3) is 0.333. The van der Waals surface area contributed by atoms with E-state index >= 15 is 0 Å². The maximum atomic E-state index is 3.61. The van der Waals surface area contributed by atoms with Gasteiger partial charge in [-0.05, 0) is 55.8 Å². The summed E-state index contributed by atoms with van der Waals surface area (Å²) >= 11 is 5.38. The van der Waals surface area contributed by atoms with Gasteiger partial charge < -0.3 is 5.32 Å². The predicted molar refractivity (Wildman–Crippen MR) is 97.2 cm³/mol. The molecule has 1 unspecified atom stereocenters. The van der Waals surface area contributed by atoms with Crippen molar-refractivity contribution < 1.29 is 0 Å². The molecule has 0 amide bonds. The van der Waals surface area contributed by atoms with Crippen LogP contribution in [-0.4, -0.2) is 12.3 Å². The molecule has 0 radical (unpaired) electrons. The molecule has 21 heavy (non-hydrogen) atoms. The molecule has 1 atom stereocenters. The number of nitrogens with one attached hydrogen (secondary N) is 1. The third-order valence-electron chi connectivity index (χ3n) is 3.48. The second-order valence-electron chi connectivity index (χ2n) is 5.24. The highest BCUT2D eigenvalue weighted by molar-refractivity contribution is 9.10. The van der Waals surface area contributed by atoms with Gasteiger partial charge in [0.25, 0.3) is 0 Å². The predicted octanol–water partition coefficient (Wildman–Crippen LogP) is 5.51. The summed E-state index contributed by atoms with van der Waals surface area (Å²) in [6.07, 6.45) is 0. The minimum Gasteiger partial charge on any atom is -0.309 e. The van der Waals surface area contributed by atoms with Crippen molar-refractivity contribution in [2.75, 3.05) is 12.3 Å². The van der Waals surface area contributed by atoms with E-state index in [1.165, 1.54) is 21.6 Å². The van der Waals surface area contributed by atoms with E-state index in [0.29, 0.717) is 6.04 Å².